The van der Waals surface area contributed by atoms with Gasteiger partial charge in [-0.15, -0.1) is 0 Å². The maximum absolute atomic E-state index is 12.0. The zero-order valence-corrected chi connectivity index (χ0v) is 11.8. The highest BCUT2D eigenvalue weighted by molar-refractivity contribution is 5.97. The molecule has 1 aromatic rings. The number of carbonyl (C=O) groups excluding carboxylic acids is 1. The molecule has 0 saturated carbocycles. The number of benzene rings is 1. The van der Waals surface area contributed by atoms with E-state index in [0.717, 1.165) is 12.0 Å². The number of rotatable bonds is 4. The van der Waals surface area contributed by atoms with Crippen molar-refractivity contribution in [3.8, 4) is 0 Å². The standard InChI is InChI=1S/C18H20O2/c1-2-7-15(13-12-14-8-4-3-5-9-14)18-16(19)10-6-11-17(18)20/h2-5,7-9,12-13,15,19H,6,10-11H2,1H3/b7-2+,13-12+. The van der Waals surface area contributed by atoms with Crippen molar-refractivity contribution in [3.05, 3.63) is 65.5 Å². The number of aliphatic hydroxyl groups is 1. The first-order chi connectivity index (χ1) is 9.72. The molecule has 0 amide bonds. The van der Waals surface area contributed by atoms with Gasteiger partial charge in [0.25, 0.3) is 0 Å². The SMILES string of the molecule is C/C=C/C(/C=C/c1ccccc1)C1=C(O)CCCC1=O. The summed E-state index contributed by atoms with van der Waals surface area (Å²) in [5, 5.41) is 10.0. The fraction of sp³-hybridized carbons (Fsp3) is 0.278. The van der Waals surface area contributed by atoms with E-state index in [1.165, 1.54) is 0 Å². The Morgan fingerprint density at radius 1 is 1.15 bits per heavy atom. The van der Waals surface area contributed by atoms with Crippen LogP contribution in [0.1, 0.15) is 31.7 Å². The van der Waals surface area contributed by atoms with Gasteiger partial charge < -0.3 is 5.11 Å². The van der Waals surface area contributed by atoms with Gasteiger partial charge in [0, 0.05) is 24.3 Å². The summed E-state index contributed by atoms with van der Waals surface area (Å²) in [6, 6.07) is 9.96. The third-order valence-electron chi connectivity index (χ3n) is 3.46. The summed E-state index contributed by atoms with van der Waals surface area (Å²) in [7, 11) is 0. The summed E-state index contributed by atoms with van der Waals surface area (Å²) in [4.78, 5) is 12.0. The normalized spacial score (nSPS) is 18.1. The molecule has 0 heterocycles. The lowest BCUT2D eigenvalue weighted by Gasteiger charge is -2.19. The number of hydrogen-bond donors (Lipinski definition) is 1. The van der Waals surface area contributed by atoms with E-state index in [2.05, 4.69) is 0 Å². The Kier molecular flexibility index (Phi) is 4.94. The lowest BCUT2D eigenvalue weighted by molar-refractivity contribution is -0.116. The maximum atomic E-state index is 12.0. The number of ketones is 1. The Morgan fingerprint density at radius 2 is 1.90 bits per heavy atom. The molecule has 0 bridgehead atoms. The minimum absolute atomic E-state index is 0.0644. The average Bonchev–Trinajstić information content (AvgIpc) is 2.45. The summed E-state index contributed by atoms with van der Waals surface area (Å²) in [6.07, 6.45) is 9.73. The van der Waals surface area contributed by atoms with Crippen molar-refractivity contribution in [1.29, 1.82) is 0 Å². The van der Waals surface area contributed by atoms with E-state index in [1.54, 1.807) is 0 Å². The fourth-order valence-electron chi connectivity index (χ4n) is 2.47. The van der Waals surface area contributed by atoms with Crippen LogP contribution in [0.5, 0.6) is 0 Å². The lowest BCUT2D eigenvalue weighted by Crippen LogP contribution is -2.17. The highest BCUT2D eigenvalue weighted by atomic mass is 16.3. The Labute approximate surface area is 120 Å². The zero-order valence-electron chi connectivity index (χ0n) is 11.8. The van der Waals surface area contributed by atoms with E-state index in [1.807, 2.05) is 61.6 Å². The number of hydrogen-bond acceptors (Lipinski definition) is 2. The van der Waals surface area contributed by atoms with Gasteiger partial charge in [-0.3, -0.25) is 4.79 Å². The van der Waals surface area contributed by atoms with Crippen LogP contribution in [0.4, 0.5) is 0 Å². The van der Waals surface area contributed by atoms with Crippen LogP contribution in [0.25, 0.3) is 6.08 Å². The molecule has 0 saturated heterocycles. The molecule has 0 radical (unpaired) electrons. The summed E-state index contributed by atoms with van der Waals surface area (Å²) in [5.74, 6) is 0.171. The molecular weight excluding hydrogens is 248 g/mol. The highest BCUT2D eigenvalue weighted by Crippen LogP contribution is 2.28. The second-order valence-electron chi connectivity index (χ2n) is 4.96. The van der Waals surface area contributed by atoms with Gasteiger partial charge in [-0.1, -0.05) is 54.6 Å². The van der Waals surface area contributed by atoms with Crippen molar-refractivity contribution >= 4 is 11.9 Å². The number of Topliss-reactive ketones (excluding diaryl/α,β-unsaturated/α-hetero) is 1. The monoisotopic (exact) mass is 268 g/mol. The van der Waals surface area contributed by atoms with Crippen molar-refractivity contribution in [1.82, 2.24) is 0 Å². The molecule has 2 nitrogen and oxygen atoms in total. The van der Waals surface area contributed by atoms with Gasteiger partial charge in [-0.05, 0) is 18.9 Å². The van der Waals surface area contributed by atoms with Gasteiger partial charge in [0.15, 0.2) is 5.78 Å². The predicted octanol–water partition coefficient (Wildman–Crippen LogP) is 4.46. The summed E-state index contributed by atoms with van der Waals surface area (Å²) >= 11 is 0. The van der Waals surface area contributed by atoms with Crippen LogP contribution < -0.4 is 0 Å². The smallest absolute Gasteiger partial charge is 0.163 e. The van der Waals surface area contributed by atoms with Gasteiger partial charge in [-0.2, -0.15) is 0 Å². The summed E-state index contributed by atoms with van der Waals surface area (Å²) in [6.45, 7) is 1.92. The quantitative estimate of drug-likeness (QED) is 0.819. The molecule has 2 rings (SSSR count). The van der Waals surface area contributed by atoms with Crippen LogP contribution in [0.3, 0.4) is 0 Å². The van der Waals surface area contributed by atoms with Crippen molar-refractivity contribution in [3.63, 3.8) is 0 Å². The molecule has 1 N–H and O–H groups in total. The van der Waals surface area contributed by atoms with Crippen molar-refractivity contribution < 1.29 is 9.90 Å². The molecule has 2 heteroatoms. The molecular formula is C18H20O2. The first kappa shape index (κ1) is 14.3. The topological polar surface area (TPSA) is 37.3 Å². The van der Waals surface area contributed by atoms with Gasteiger partial charge in [-0.25, -0.2) is 0 Å². The highest BCUT2D eigenvalue weighted by Gasteiger charge is 2.24. The van der Waals surface area contributed by atoms with Crippen molar-refractivity contribution in [2.75, 3.05) is 0 Å². The average molecular weight is 268 g/mol. The molecule has 0 fully saturated rings. The van der Waals surface area contributed by atoms with Crippen LogP contribution in [0, 0.1) is 5.92 Å². The van der Waals surface area contributed by atoms with Crippen molar-refractivity contribution in [2.24, 2.45) is 5.92 Å². The van der Waals surface area contributed by atoms with E-state index in [9.17, 15) is 9.90 Å². The largest absolute Gasteiger partial charge is 0.512 e. The first-order valence-corrected chi connectivity index (χ1v) is 7.03. The molecule has 0 aromatic heterocycles. The molecule has 1 aromatic carbocycles. The minimum atomic E-state index is -0.145. The minimum Gasteiger partial charge on any atom is -0.512 e. The fourth-order valence-corrected chi connectivity index (χ4v) is 2.47. The van der Waals surface area contributed by atoms with Gasteiger partial charge in [0.1, 0.15) is 0 Å². The molecule has 1 atom stereocenters. The van der Waals surface area contributed by atoms with Crippen LogP contribution >= 0.6 is 0 Å². The van der Waals surface area contributed by atoms with E-state index in [0.29, 0.717) is 18.4 Å². The Hall–Kier alpha value is -2.09. The van der Waals surface area contributed by atoms with Gasteiger partial charge >= 0.3 is 0 Å². The molecule has 1 unspecified atom stereocenters. The number of aliphatic hydroxyl groups excluding tert-OH is 1. The van der Waals surface area contributed by atoms with E-state index >= 15 is 0 Å². The van der Waals surface area contributed by atoms with E-state index in [4.69, 9.17) is 0 Å². The summed E-state index contributed by atoms with van der Waals surface area (Å²) < 4.78 is 0. The molecule has 1 aliphatic carbocycles. The van der Waals surface area contributed by atoms with Crippen LogP contribution in [-0.2, 0) is 4.79 Å². The molecule has 104 valence electrons. The third-order valence-corrected chi connectivity index (χ3v) is 3.46. The van der Waals surface area contributed by atoms with E-state index < -0.39 is 0 Å². The molecule has 20 heavy (non-hydrogen) atoms. The second kappa shape index (κ2) is 6.90. The second-order valence-corrected chi connectivity index (χ2v) is 4.96. The van der Waals surface area contributed by atoms with Crippen LogP contribution in [0.15, 0.2) is 59.9 Å². The van der Waals surface area contributed by atoms with Crippen LogP contribution in [0.2, 0.25) is 0 Å². The Balaban J connectivity index is 2.28. The lowest BCUT2D eigenvalue weighted by atomic mass is 9.86. The Bertz CT molecular complexity index is 550. The van der Waals surface area contributed by atoms with Gasteiger partial charge in [0.05, 0.1) is 5.76 Å². The zero-order chi connectivity index (χ0) is 14.4. The molecule has 1 aliphatic rings. The Morgan fingerprint density at radius 3 is 2.55 bits per heavy atom. The van der Waals surface area contributed by atoms with Gasteiger partial charge in [0.2, 0.25) is 0 Å². The first-order valence-electron chi connectivity index (χ1n) is 7.03. The summed E-state index contributed by atoms with van der Waals surface area (Å²) in [5.41, 5.74) is 1.65. The molecule has 0 aliphatic heterocycles. The van der Waals surface area contributed by atoms with Crippen molar-refractivity contribution in [2.45, 2.75) is 26.2 Å². The van der Waals surface area contributed by atoms with E-state index in [-0.39, 0.29) is 17.5 Å². The number of carbonyl (C=O) groups is 1. The third kappa shape index (κ3) is 3.47. The maximum Gasteiger partial charge on any atom is 0.163 e. The number of allylic oxidation sites excluding steroid dienone is 5. The molecule has 0 spiro atoms. The van der Waals surface area contributed by atoms with Crippen LogP contribution in [-0.4, -0.2) is 10.9 Å². The predicted molar refractivity (Wildman–Crippen MR) is 82.3 cm³/mol.